The van der Waals surface area contributed by atoms with Gasteiger partial charge in [0.1, 0.15) is 0 Å². The second-order valence-electron chi connectivity index (χ2n) is 2.89. The van der Waals surface area contributed by atoms with Crippen LogP contribution in [0.2, 0.25) is 0 Å². The molecule has 0 fully saturated rings. The highest BCUT2D eigenvalue weighted by molar-refractivity contribution is 8.10. The van der Waals surface area contributed by atoms with E-state index in [4.69, 9.17) is 0 Å². The number of thioether (sulfide) groups is 1. The van der Waals surface area contributed by atoms with Crippen LogP contribution in [0.15, 0.2) is 24.4 Å². The summed E-state index contributed by atoms with van der Waals surface area (Å²) < 4.78 is 0.285. The zero-order chi connectivity index (χ0) is 10.4. The van der Waals surface area contributed by atoms with Crippen molar-refractivity contribution in [2.24, 2.45) is 0 Å². The van der Waals surface area contributed by atoms with E-state index in [1.165, 1.54) is 0 Å². The Balaban J connectivity index is 2.71. The molecule has 0 spiro atoms. The highest BCUT2D eigenvalue weighted by Gasteiger charge is 2.19. The third-order valence-corrected chi connectivity index (χ3v) is 4.15. The molecule has 1 aromatic heterocycles. The van der Waals surface area contributed by atoms with E-state index >= 15 is 0 Å². The van der Waals surface area contributed by atoms with Crippen LogP contribution >= 0.6 is 37.0 Å². The first-order chi connectivity index (χ1) is 6.79. The summed E-state index contributed by atoms with van der Waals surface area (Å²) in [5, 5.41) is 0. The van der Waals surface area contributed by atoms with Crippen molar-refractivity contribution in [3.63, 3.8) is 0 Å². The fourth-order valence-corrected chi connectivity index (χ4v) is 3.43. The summed E-state index contributed by atoms with van der Waals surface area (Å²) >= 11 is 10.8. The molecular formula is C10H15NS3. The molecule has 0 N–H and O–H groups in total. The lowest BCUT2D eigenvalue weighted by molar-refractivity contribution is 0.824. The minimum Gasteiger partial charge on any atom is -0.261 e. The molecule has 0 aliphatic rings. The quantitative estimate of drug-likeness (QED) is 0.611. The number of thiol groups is 2. The highest BCUT2D eigenvalue weighted by Crippen LogP contribution is 2.30. The van der Waals surface area contributed by atoms with Gasteiger partial charge in [-0.25, -0.2) is 0 Å². The van der Waals surface area contributed by atoms with Gasteiger partial charge in [-0.1, -0.05) is 13.0 Å². The Morgan fingerprint density at radius 1 is 1.50 bits per heavy atom. The van der Waals surface area contributed by atoms with E-state index in [1.807, 2.05) is 36.2 Å². The highest BCUT2D eigenvalue weighted by atomic mass is 32.2. The van der Waals surface area contributed by atoms with E-state index < -0.39 is 0 Å². The van der Waals surface area contributed by atoms with Crippen LogP contribution in [0.4, 0.5) is 0 Å². The first-order valence-electron chi connectivity index (χ1n) is 4.61. The number of nitrogens with zero attached hydrogens (tertiary/aromatic N) is 1. The maximum Gasteiger partial charge on any atom is 0.0563 e. The van der Waals surface area contributed by atoms with Gasteiger partial charge in [0.05, 0.1) is 4.58 Å². The average Bonchev–Trinajstić information content (AvgIpc) is 2.21. The van der Waals surface area contributed by atoms with Crippen molar-refractivity contribution < 1.29 is 0 Å². The number of rotatable bonds is 5. The predicted molar refractivity (Wildman–Crippen MR) is 71.7 cm³/mol. The number of aromatic nitrogens is 1. The summed E-state index contributed by atoms with van der Waals surface area (Å²) in [5.74, 6) is 2.19. The second-order valence-corrected chi connectivity index (χ2v) is 5.58. The normalized spacial score (nSPS) is 15.1. The molecule has 1 nitrogen and oxygen atoms in total. The fourth-order valence-electron chi connectivity index (χ4n) is 1.21. The van der Waals surface area contributed by atoms with Crippen LogP contribution in [0.25, 0.3) is 0 Å². The van der Waals surface area contributed by atoms with Crippen molar-refractivity contribution in [3.05, 3.63) is 30.1 Å². The van der Waals surface area contributed by atoms with E-state index in [-0.39, 0.29) is 4.58 Å². The maximum absolute atomic E-state index is 4.57. The molecule has 0 bridgehead atoms. The summed E-state index contributed by atoms with van der Waals surface area (Å²) in [6, 6.07) is 5.98. The molecular weight excluding hydrogens is 230 g/mol. The topological polar surface area (TPSA) is 12.9 Å². The first kappa shape index (κ1) is 12.3. The van der Waals surface area contributed by atoms with Crippen molar-refractivity contribution in [2.75, 3.05) is 11.5 Å². The van der Waals surface area contributed by atoms with E-state index in [0.29, 0.717) is 5.92 Å². The molecule has 0 amide bonds. The lowest BCUT2D eigenvalue weighted by Gasteiger charge is -2.19. The van der Waals surface area contributed by atoms with Gasteiger partial charge in [0.25, 0.3) is 0 Å². The molecule has 2 atom stereocenters. The van der Waals surface area contributed by atoms with Crippen LogP contribution in [0.5, 0.6) is 0 Å². The SMILES string of the molecule is CCSC(S)C(CS)c1ccccn1. The van der Waals surface area contributed by atoms with Gasteiger partial charge >= 0.3 is 0 Å². The van der Waals surface area contributed by atoms with E-state index in [9.17, 15) is 0 Å². The zero-order valence-electron chi connectivity index (χ0n) is 8.13. The Kier molecular flexibility index (Phi) is 5.82. The fraction of sp³-hybridized carbons (Fsp3) is 0.500. The Labute approximate surface area is 101 Å². The van der Waals surface area contributed by atoms with Crippen LogP contribution < -0.4 is 0 Å². The van der Waals surface area contributed by atoms with Gasteiger partial charge in [0.15, 0.2) is 0 Å². The molecule has 1 aromatic rings. The summed E-state index contributed by atoms with van der Waals surface area (Å²) in [4.78, 5) is 4.34. The molecule has 1 heterocycles. The van der Waals surface area contributed by atoms with Gasteiger partial charge in [-0.3, -0.25) is 4.98 Å². The third kappa shape index (κ3) is 3.41. The molecule has 2 unspecified atom stereocenters. The molecule has 0 saturated heterocycles. The van der Waals surface area contributed by atoms with Crippen molar-refractivity contribution in [2.45, 2.75) is 17.4 Å². The van der Waals surface area contributed by atoms with Gasteiger partial charge in [0.2, 0.25) is 0 Å². The van der Waals surface area contributed by atoms with E-state index in [0.717, 1.165) is 17.2 Å². The minimum atomic E-state index is 0.285. The van der Waals surface area contributed by atoms with Crippen molar-refractivity contribution in [1.29, 1.82) is 0 Å². The van der Waals surface area contributed by atoms with Crippen molar-refractivity contribution >= 4 is 37.0 Å². The lowest BCUT2D eigenvalue weighted by Crippen LogP contribution is -2.13. The Morgan fingerprint density at radius 3 is 2.79 bits per heavy atom. The predicted octanol–water partition coefficient (Wildman–Crippen LogP) is 3.10. The molecule has 14 heavy (non-hydrogen) atoms. The Hall–Kier alpha value is 0.200. The minimum absolute atomic E-state index is 0.285. The molecule has 1 rings (SSSR count). The molecule has 4 heteroatoms. The van der Waals surface area contributed by atoms with Gasteiger partial charge in [-0.2, -0.15) is 25.3 Å². The Morgan fingerprint density at radius 2 is 2.29 bits per heavy atom. The molecule has 0 aliphatic heterocycles. The van der Waals surface area contributed by atoms with Gasteiger partial charge < -0.3 is 0 Å². The van der Waals surface area contributed by atoms with Crippen LogP contribution in [-0.2, 0) is 0 Å². The van der Waals surface area contributed by atoms with Crippen molar-refractivity contribution in [3.8, 4) is 0 Å². The monoisotopic (exact) mass is 245 g/mol. The van der Waals surface area contributed by atoms with Crippen molar-refractivity contribution in [1.82, 2.24) is 4.98 Å². The maximum atomic E-state index is 4.57. The number of pyridine rings is 1. The summed E-state index contributed by atoms with van der Waals surface area (Å²) in [7, 11) is 0. The smallest absolute Gasteiger partial charge is 0.0563 e. The largest absolute Gasteiger partial charge is 0.261 e. The zero-order valence-corrected chi connectivity index (χ0v) is 10.7. The molecule has 0 aromatic carbocycles. The summed E-state index contributed by atoms with van der Waals surface area (Å²) in [6.07, 6.45) is 1.82. The number of hydrogen-bond donors (Lipinski definition) is 2. The standard InChI is InChI=1S/C10H15NS3/c1-2-14-10(13)8(7-12)9-5-3-4-6-11-9/h3-6,8,10,12-13H,2,7H2,1H3. The molecule has 0 saturated carbocycles. The second kappa shape index (κ2) is 6.64. The van der Waals surface area contributed by atoms with Gasteiger partial charge in [-0.15, -0.1) is 11.8 Å². The molecule has 0 aliphatic carbocycles. The summed E-state index contributed by atoms with van der Waals surface area (Å²) in [5.41, 5.74) is 1.09. The third-order valence-electron chi connectivity index (χ3n) is 1.95. The Bertz CT molecular complexity index is 253. The van der Waals surface area contributed by atoms with E-state index in [1.54, 1.807) is 0 Å². The average molecular weight is 245 g/mol. The van der Waals surface area contributed by atoms with Crippen LogP contribution in [0.3, 0.4) is 0 Å². The van der Waals surface area contributed by atoms with Gasteiger partial charge in [-0.05, 0) is 17.9 Å². The number of hydrogen-bond acceptors (Lipinski definition) is 4. The summed E-state index contributed by atoms with van der Waals surface area (Å²) in [6.45, 7) is 2.14. The van der Waals surface area contributed by atoms with Gasteiger partial charge in [0, 0.05) is 23.6 Å². The molecule has 78 valence electrons. The van der Waals surface area contributed by atoms with E-state index in [2.05, 4.69) is 37.2 Å². The van der Waals surface area contributed by atoms with Crippen LogP contribution in [-0.4, -0.2) is 21.1 Å². The lowest BCUT2D eigenvalue weighted by atomic mass is 10.1. The molecule has 0 radical (unpaired) electrons. The van der Waals surface area contributed by atoms with Crippen LogP contribution in [0.1, 0.15) is 18.5 Å². The first-order valence-corrected chi connectivity index (χ1v) is 6.80. The van der Waals surface area contributed by atoms with Crippen LogP contribution in [0, 0.1) is 0 Å².